The van der Waals surface area contributed by atoms with Gasteiger partial charge < -0.3 is 10.0 Å². The maximum atomic E-state index is 9.87. The second-order valence-electron chi connectivity index (χ2n) is 4.92. The Morgan fingerprint density at radius 3 is 2.53 bits per heavy atom. The van der Waals surface area contributed by atoms with Crippen molar-refractivity contribution in [1.29, 1.82) is 0 Å². The molecule has 15 heavy (non-hydrogen) atoms. The lowest BCUT2D eigenvalue weighted by Crippen LogP contribution is -2.13. The summed E-state index contributed by atoms with van der Waals surface area (Å²) in [6, 6.07) is 6.45. The van der Waals surface area contributed by atoms with Crippen LogP contribution in [0.1, 0.15) is 24.0 Å². The van der Waals surface area contributed by atoms with Crippen LogP contribution in [-0.2, 0) is 6.42 Å². The van der Waals surface area contributed by atoms with Crippen molar-refractivity contribution in [3.05, 3.63) is 29.3 Å². The van der Waals surface area contributed by atoms with Crippen LogP contribution in [0.3, 0.4) is 0 Å². The Kier molecular flexibility index (Phi) is 2.47. The number of rotatable bonds is 3. The molecule has 1 N–H and O–H groups in total. The van der Waals surface area contributed by atoms with Crippen LogP contribution in [0.5, 0.6) is 0 Å². The number of nitrogens with zero attached hydrogens (tertiary/aromatic N) is 1. The largest absolute Gasteiger partial charge is 0.390 e. The van der Waals surface area contributed by atoms with Gasteiger partial charge in [0.2, 0.25) is 0 Å². The summed E-state index contributed by atoms with van der Waals surface area (Å²) in [5.41, 5.74) is 3.38. The summed E-state index contributed by atoms with van der Waals surface area (Å²) in [5.74, 6) is 0. The molecular weight excluding hydrogens is 186 g/mol. The minimum Gasteiger partial charge on any atom is -0.390 e. The van der Waals surface area contributed by atoms with Gasteiger partial charge in [0.1, 0.15) is 0 Å². The molecule has 0 saturated heterocycles. The lowest BCUT2D eigenvalue weighted by atomic mass is 10.0. The molecule has 0 aliphatic heterocycles. The van der Waals surface area contributed by atoms with Crippen molar-refractivity contribution >= 4 is 5.69 Å². The van der Waals surface area contributed by atoms with Gasteiger partial charge in [-0.1, -0.05) is 12.1 Å². The van der Waals surface area contributed by atoms with Crippen LogP contribution in [0.15, 0.2) is 18.2 Å². The summed E-state index contributed by atoms with van der Waals surface area (Å²) in [4.78, 5) is 2.12. The highest BCUT2D eigenvalue weighted by molar-refractivity contribution is 5.54. The highest BCUT2D eigenvalue weighted by Crippen LogP contribution is 2.38. The Morgan fingerprint density at radius 2 is 2.00 bits per heavy atom. The second-order valence-corrected chi connectivity index (χ2v) is 4.92. The number of hydrogen-bond acceptors (Lipinski definition) is 2. The molecule has 2 nitrogen and oxygen atoms in total. The predicted molar refractivity (Wildman–Crippen MR) is 63.4 cm³/mol. The molecular formula is C13H19NO. The van der Waals surface area contributed by atoms with Crippen molar-refractivity contribution in [1.82, 2.24) is 0 Å². The van der Waals surface area contributed by atoms with Gasteiger partial charge >= 0.3 is 0 Å². The molecule has 0 aromatic heterocycles. The van der Waals surface area contributed by atoms with E-state index in [9.17, 15) is 5.11 Å². The van der Waals surface area contributed by atoms with Gasteiger partial charge in [0, 0.05) is 26.2 Å². The topological polar surface area (TPSA) is 23.5 Å². The molecule has 1 fully saturated rings. The third kappa shape index (κ3) is 2.32. The van der Waals surface area contributed by atoms with E-state index < -0.39 is 5.60 Å². The molecule has 0 unspecified atom stereocenters. The van der Waals surface area contributed by atoms with Gasteiger partial charge in [-0.05, 0) is 37.0 Å². The Hall–Kier alpha value is -1.02. The molecule has 1 aromatic rings. The zero-order valence-electron chi connectivity index (χ0n) is 9.75. The van der Waals surface area contributed by atoms with Gasteiger partial charge in [0.25, 0.3) is 0 Å². The third-order valence-corrected chi connectivity index (χ3v) is 3.12. The number of hydrogen-bond donors (Lipinski definition) is 1. The van der Waals surface area contributed by atoms with E-state index in [1.165, 1.54) is 16.8 Å². The van der Waals surface area contributed by atoms with Crippen molar-refractivity contribution in [2.45, 2.75) is 31.8 Å². The van der Waals surface area contributed by atoms with Gasteiger partial charge in [-0.2, -0.15) is 0 Å². The van der Waals surface area contributed by atoms with Crippen LogP contribution < -0.4 is 4.90 Å². The van der Waals surface area contributed by atoms with Crippen LogP contribution in [0, 0.1) is 6.92 Å². The summed E-state index contributed by atoms with van der Waals surface area (Å²) < 4.78 is 0. The Bertz CT molecular complexity index is 367. The molecule has 0 amide bonds. The van der Waals surface area contributed by atoms with Gasteiger partial charge in [-0.25, -0.2) is 0 Å². The minimum atomic E-state index is -0.390. The highest BCUT2D eigenvalue weighted by Gasteiger charge is 2.40. The Morgan fingerprint density at radius 1 is 1.33 bits per heavy atom. The molecule has 0 heterocycles. The molecule has 1 aromatic carbocycles. The number of aliphatic hydroxyl groups is 1. The quantitative estimate of drug-likeness (QED) is 0.817. The summed E-state index contributed by atoms with van der Waals surface area (Å²) in [5, 5.41) is 9.87. The molecule has 2 rings (SSSR count). The van der Waals surface area contributed by atoms with E-state index in [4.69, 9.17) is 0 Å². The summed E-state index contributed by atoms with van der Waals surface area (Å²) in [7, 11) is 4.11. The van der Waals surface area contributed by atoms with E-state index in [0.29, 0.717) is 0 Å². The zero-order valence-corrected chi connectivity index (χ0v) is 9.75. The molecule has 1 saturated carbocycles. The monoisotopic (exact) mass is 205 g/mol. The minimum absolute atomic E-state index is 0.390. The molecule has 0 atom stereocenters. The Labute approximate surface area is 91.5 Å². The average molecular weight is 205 g/mol. The average Bonchev–Trinajstić information content (AvgIpc) is 2.87. The van der Waals surface area contributed by atoms with E-state index in [1.807, 2.05) is 0 Å². The first-order chi connectivity index (χ1) is 7.00. The fourth-order valence-corrected chi connectivity index (χ4v) is 1.95. The van der Waals surface area contributed by atoms with Crippen LogP contribution >= 0.6 is 0 Å². The first-order valence-electron chi connectivity index (χ1n) is 5.49. The van der Waals surface area contributed by atoms with Gasteiger partial charge in [-0.15, -0.1) is 0 Å². The smallest absolute Gasteiger partial charge is 0.0690 e. The van der Waals surface area contributed by atoms with Gasteiger partial charge in [0.15, 0.2) is 0 Å². The SMILES string of the molecule is Cc1ccc(CC2(O)CC2)cc1N(C)C. The normalized spacial score (nSPS) is 17.6. The first-order valence-corrected chi connectivity index (χ1v) is 5.49. The highest BCUT2D eigenvalue weighted by atomic mass is 16.3. The molecule has 0 spiro atoms. The molecule has 0 radical (unpaired) electrons. The first kappa shape index (κ1) is 10.5. The van der Waals surface area contributed by atoms with E-state index in [0.717, 1.165) is 19.3 Å². The lowest BCUT2D eigenvalue weighted by molar-refractivity contribution is 0.151. The van der Waals surface area contributed by atoms with E-state index >= 15 is 0 Å². The van der Waals surface area contributed by atoms with Gasteiger partial charge in [0.05, 0.1) is 5.60 Å². The maximum absolute atomic E-state index is 9.87. The molecule has 82 valence electrons. The molecule has 0 bridgehead atoms. The number of aryl methyl sites for hydroxylation is 1. The summed E-state index contributed by atoms with van der Waals surface area (Å²) >= 11 is 0. The van der Waals surface area contributed by atoms with Crippen molar-refractivity contribution in [2.75, 3.05) is 19.0 Å². The second kappa shape index (κ2) is 3.53. The van der Waals surface area contributed by atoms with Crippen molar-refractivity contribution in [2.24, 2.45) is 0 Å². The van der Waals surface area contributed by atoms with E-state index in [-0.39, 0.29) is 0 Å². The van der Waals surface area contributed by atoms with Crippen LogP contribution in [0.4, 0.5) is 5.69 Å². The maximum Gasteiger partial charge on any atom is 0.0690 e. The zero-order chi connectivity index (χ0) is 11.1. The van der Waals surface area contributed by atoms with Crippen LogP contribution in [0.2, 0.25) is 0 Å². The molecule has 2 heteroatoms. The van der Waals surface area contributed by atoms with Crippen LogP contribution in [-0.4, -0.2) is 24.8 Å². The summed E-state index contributed by atoms with van der Waals surface area (Å²) in [6.45, 7) is 2.12. The van der Waals surface area contributed by atoms with E-state index in [2.05, 4.69) is 44.1 Å². The third-order valence-electron chi connectivity index (χ3n) is 3.12. The van der Waals surface area contributed by atoms with Crippen molar-refractivity contribution in [3.8, 4) is 0 Å². The van der Waals surface area contributed by atoms with Gasteiger partial charge in [-0.3, -0.25) is 0 Å². The standard InChI is InChI=1S/C13H19NO/c1-10-4-5-11(8-12(10)14(2)3)9-13(15)6-7-13/h4-5,8,15H,6-7,9H2,1-3H3. The predicted octanol–water partition coefficient (Wildman–Crippen LogP) is 2.13. The summed E-state index contributed by atoms with van der Waals surface area (Å²) in [6.07, 6.45) is 2.71. The fraction of sp³-hybridized carbons (Fsp3) is 0.538. The lowest BCUT2D eigenvalue weighted by Gasteiger charge is -2.17. The van der Waals surface area contributed by atoms with E-state index in [1.54, 1.807) is 0 Å². The fourth-order valence-electron chi connectivity index (χ4n) is 1.95. The number of anilines is 1. The molecule has 1 aliphatic carbocycles. The molecule has 1 aliphatic rings. The van der Waals surface area contributed by atoms with Crippen molar-refractivity contribution < 1.29 is 5.11 Å². The van der Waals surface area contributed by atoms with Crippen LogP contribution in [0.25, 0.3) is 0 Å². The number of benzene rings is 1. The Balaban J connectivity index is 2.22. The van der Waals surface area contributed by atoms with Crippen molar-refractivity contribution in [3.63, 3.8) is 0 Å².